The Kier molecular flexibility index (Phi) is 10.1. The SMILES string of the molecule is C1CCNC1.CC.CC(C)c1ccccc1. The van der Waals surface area contributed by atoms with Gasteiger partial charge >= 0.3 is 0 Å². The van der Waals surface area contributed by atoms with E-state index in [1.807, 2.05) is 19.9 Å². The maximum atomic E-state index is 3.22. The van der Waals surface area contributed by atoms with E-state index >= 15 is 0 Å². The summed E-state index contributed by atoms with van der Waals surface area (Å²) >= 11 is 0. The third-order valence-electron chi connectivity index (χ3n) is 2.42. The van der Waals surface area contributed by atoms with Crippen molar-refractivity contribution in [3.8, 4) is 0 Å². The van der Waals surface area contributed by atoms with Gasteiger partial charge in [-0.05, 0) is 37.4 Å². The Morgan fingerprint density at radius 3 is 1.69 bits per heavy atom. The van der Waals surface area contributed by atoms with Crippen molar-refractivity contribution < 1.29 is 0 Å². The van der Waals surface area contributed by atoms with Crippen molar-refractivity contribution in [3.05, 3.63) is 35.9 Å². The summed E-state index contributed by atoms with van der Waals surface area (Å²) in [5, 5.41) is 3.22. The highest BCUT2D eigenvalue weighted by Crippen LogP contribution is 2.11. The molecule has 92 valence electrons. The standard InChI is InChI=1S/C9H12.C4H9N.C2H6/c1-8(2)9-6-4-3-5-7-9;1-2-4-5-3-1;1-2/h3-8H,1-2H3;5H,1-4H2;1-2H3. The molecule has 2 rings (SSSR count). The molecule has 0 aliphatic carbocycles. The zero-order valence-corrected chi connectivity index (χ0v) is 11.3. The lowest BCUT2D eigenvalue weighted by molar-refractivity contribution is 0.857. The average Bonchev–Trinajstić information content (AvgIpc) is 2.91. The first-order valence-corrected chi connectivity index (χ1v) is 6.56. The minimum atomic E-state index is 0.659. The third kappa shape index (κ3) is 7.47. The molecule has 0 radical (unpaired) electrons. The monoisotopic (exact) mass is 221 g/mol. The van der Waals surface area contributed by atoms with Gasteiger partial charge in [-0.15, -0.1) is 0 Å². The van der Waals surface area contributed by atoms with Gasteiger partial charge in [0, 0.05) is 0 Å². The molecule has 1 aromatic rings. The molecular formula is C15H27N. The molecule has 1 heterocycles. The van der Waals surface area contributed by atoms with E-state index in [1.54, 1.807) is 0 Å². The molecule has 1 nitrogen and oxygen atoms in total. The molecule has 0 atom stereocenters. The fraction of sp³-hybridized carbons (Fsp3) is 0.600. The zero-order valence-electron chi connectivity index (χ0n) is 11.3. The lowest BCUT2D eigenvalue weighted by atomic mass is 10.0. The van der Waals surface area contributed by atoms with Crippen LogP contribution in [0.5, 0.6) is 0 Å². The second-order valence-corrected chi connectivity index (χ2v) is 4.02. The van der Waals surface area contributed by atoms with Crippen molar-refractivity contribution >= 4 is 0 Å². The molecule has 0 unspecified atom stereocenters. The van der Waals surface area contributed by atoms with E-state index < -0.39 is 0 Å². The predicted octanol–water partition coefficient (Wildman–Crippen LogP) is 4.21. The van der Waals surface area contributed by atoms with E-state index in [9.17, 15) is 0 Å². The molecule has 1 N–H and O–H groups in total. The molecule has 0 amide bonds. The van der Waals surface area contributed by atoms with Gasteiger partial charge in [-0.1, -0.05) is 58.0 Å². The zero-order chi connectivity index (χ0) is 12.2. The van der Waals surface area contributed by atoms with Gasteiger partial charge in [-0.25, -0.2) is 0 Å². The van der Waals surface area contributed by atoms with Gasteiger partial charge in [0.15, 0.2) is 0 Å². The number of hydrogen-bond acceptors (Lipinski definition) is 1. The molecule has 1 saturated heterocycles. The Morgan fingerprint density at radius 2 is 1.44 bits per heavy atom. The highest BCUT2D eigenvalue weighted by atomic mass is 14.9. The smallest absolute Gasteiger partial charge is 0.00484 e. The maximum Gasteiger partial charge on any atom is -0.00484 e. The van der Waals surface area contributed by atoms with Gasteiger partial charge in [0.25, 0.3) is 0 Å². The molecule has 0 saturated carbocycles. The fourth-order valence-electron chi connectivity index (χ4n) is 1.46. The van der Waals surface area contributed by atoms with Crippen molar-refractivity contribution in [3.63, 3.8) is 0 Å². The summed E-state index contributed by atoms with van der Waals surface area (Å²) in [6, 6.07) is 10.5. The summed E-state index contributed by atoms with van der Waals surface area (Å²) in [6.45, 7) is 10.9. The second-order valence-electron chi connectivity index (χ2n) is 4.02. The Morgan fingerprint density at radius 1 is 0.938 bits per heavy atom. The molecule has 1 aliphatic rings. The first kappa shape index (κ1) is 15.2. The van der Waals surface area contributed by atoms with E-state index in [2.05, 4.69) is 43.4 Å². The van der Waals surface area contributed by atoms with Crippen LogP contribution in [0.1, 0.15) is 52.0 Å². The van der Waals surface area contributed by atoms with Gasteiger partial charge < -0.3 is 5.32 Å². The molecule has 1 heteroatoms. The molecule has 1 aliphatic heterocycles. The molecule has 1 aromatic carbocycles. The van der Waals surface area contributed by atoms with Gasteiger partial charge in [0.05, 0.1) is 0 Å². The summed E-state index contributed by atoms with van der Waals surface area (Å²) in [5.41, 5.74) is 1.41. The molecule has 0 spiro atoms. The highest BCUT2D eigenvalue weighted by Gasteiger charge is 1.93. The lowest BCUT2D eigenvalue weighted by Gasteiger charge is -2.01. The van der Waals surface area contributed by atoms with Crippen LogP contribution >= 0.6 is 0 Å². The Balaban J connectivity index is 0.000000272. The van der Waals surface area contributed by atoms with Crippen molar-refractivity contribution in [2.24, 2.45) is 0 Å². The van der Waals surface area contributed by atoms with Gasteiger partial charge in [0.1, 0.15) is 0 Å². The van der Waals surface area contributed by atoms with Crippen molar-refractivity contribution in [1.29, 1.82) is 0 Å². The average molecular weight is 221 g/mol. The maximum absolute atomic E-state index is 3.22. The molecule has 0 aromatic heterocycles. The van der Waals surface area contributed by atoms with Crippen LogP contribution in [-0.2, 0) is 0 Å². The number of hydrogen-bond donors (Lipinski definition) is 1. The summed E-state index contributed by atoms with van der Waals surface area (Å²) < 4.78 is 0. The van der Waals surface area contributed by atoms with Crippen molar-refractivity contribution in [2.75, 3.05) is 13.1 Å². The molecule has 0 bridgehead atoms. The van der Waals surface area contributed by atoms with Crippen molar-refractivity contribution in [1.82, 2.24) is 5.32 Å². The second kappa shape index (κ2) is 10.7. The molecule has 16 heavy (non-hydrogen) atoms. The van der Waals surface area contributed by atoms with Crippen LogP contribution in [0.3, 0.4) is 0 Å². The van der Waals surface area contributed by atoms with Gasteiger partial charge in [-0.2, -0.15) is 0 Å². The summed E-state index contributed by atoms with van der Waals surface area (Å²) in [7, 11) is 0. The number of benzene rings is 1. The Labute approximate surface area is 101 Å². The van der Waals surface area contributed by atoms with E-state index in [1.165, 1.54) is 31.5 Å². The predicted molar refractivity (Wildman–Crippen MR) is 74.0 cm³/mol. The summed E-state index contributed by atoms with van der Waals surface area (Å²) in [6.07, 6.45) is 2.78. The van der Waals surface area contributed by atoms with Crippen LogP contribution < -0.4 is 5.32 Å². The normalized spacial score (nSPS) is 13.6. The van der Waals surface area contributed by atoms with Crippen LogP contribution in [0.25, 0.3) is 0 Å². The van der Waals surface area contributed by atoms with E-state index in [0.717, 1.165) is 0 Å². The Hall–Kier alpha value is -0.820. The summed E-state index contributed by atoms with van der Waals surface area (Å²) in [4.78, 5) is 0. The van der Waals surface area contributed by atoms with E-state index in [0.29, 0.717) is 5.92 Å². The highest BCUT2D eigenvalue weighted by molar-refractivity contribution is 5.17. The lowest BCUT2D eigenvalue weighted by Crippen LogP contribution is -2.03. The molecular weight excluding hydrogens is 194 g/mol. The first-order chi connectivity index (χ1) is 7.80. The van der Waals surface area contributed by atoms with E-state index in [4.69, 9.17) is 0 Å². The van der Waals surface area contributed by atoms with Crippen LogP contribution in [-0.4, -0.2) is 13.1 Å². The van der Waals surface area contributed by atoms with Crippen molar-refractivity contribution in [2.45, 2.75) is 46.5 Å². The number of rotatable bonds is 1. The Bertz CT molecular complexity index is 217. The summed E-state index contributed by atoms with van der Waals surface area (Å²) in [5.74, 6) is 0.659. The topological polar surface area (TPSA) is 12.0 Å². The minimum Gasteiger partial charge on any atom is -0.317 e. The third-order valence-corrected chi connectivity index (χ3v) is 2.42. The molecule has 1 fully saturated rings. The van der Waals surface area contributed by atoms with Crippen LogP contribution in [0.15, 0.2) is 30.3 Å². The van der Waals surface area contributed by atoms with Crippen LogP contribution in [0.2, 0.25) is 0 Å². The number of nitrogens with one attached hydrogen (secondary N) is 1. The van der Waals surface area contributed by atoms with Gasteiger partial charge in [0.2, 0.25) is 0 Å². The first-order valence-electron chi connectivity index (χ1n) is 6.56. The van der Waals surface area contributed by atoms with Crippen LogP contribution in [0.4, 0.5) is 0 Å². The minimum absolute atomic E-state index is 0.659. The van der Waals surface area contributed by atoms with Crippen LogP contribution in [0, 0.1) is 0 Å². The van der Waals surface area contributed by atoms with Gasteiger partial charge in [-0.3, -0.25) is 0 Å². The largest absolute Gasteiger partial charge is 0.317 e. The fourth-order valence-corrected chi connectivity index (χ4v) is 1.46. The van der Waals surface area contributed by atoms with E-state index in [-0.39, 0.29) is 0 Å². The quantitative estimate of drug-likeness (QED) is 0.749.